The van der Waals surface area contributed by atoms with Crippen molar-refractivity contribution in [3.63, 3.8) is 0 Å². The molecule has 0 aliphatic rings. The lowest BCUT2D eigenvalue weighted by Crippen LogP contribution is -2.24. The van der Waals surface area contributed by atoms with Gasteiger partial charge in [0.05, 0.1) is 16.4 Å². The zero-order valence-electron chi connectivity index (χ0n) is 16.5. The van der Waals surface area contributed by atoms with Gasteiger partial charge in [-0.2, -0.15) is 10.2 Å². The number of halogens is 1. The van der Waals surface area contributed by atoms with Crippen molar-refractivity contribution >= 4 is 28.1 Å². The van der Waals surface area contributed by atoms with Crippen LogP contribution < -0.4 is 10.2 Å². The molecule has 0 radical (unpaired) electrons. The summed E-state index contributed by atoms with van der Waals surface area (Å²) < 4.78 is 8.08. The van der Waals surface area contributed by atoms with Crippen LogP contribution in [0, 0.1) is 0 Å². The van der Waals surface area contributed by atoms with E-state index in [0.717, 1.165) is 27.0 Å². The third-order valence-corrected chi connectivity index (χ3v) is 5.05. The Kier molecular flexibility index (Phi) is 6.54. The number of aromatic nitrogens is 2. The van der Waals surface area contributed by atoms with E-state index in [2.05, 4.69) is 26.5 Å². The normalized spacial score (nSPS) is 10.9. The summed E-state index contributed by atoms with van der Waals surface area (Å²) in [5, 5.41) is 8.82. The molecule has 1 heterocycles. The van der Waals surface area contributed by atoms with Crippen LogP contribution in [-0.2, 0) is 4.79 Å². The van der Waals surface area contributed by atoms with Gasteiger partial charge in [0.15, 0.2) is 6.61 Å². The number of rotatable bonds is 7. The van der Waals surface area contributed by atoms with Gasteiger partial charge in [-0.3, -0.25) is 4.79 Å². The maximum atomic E-state index is 12.1. The number of para-hydroxylation sites is 2. The summed E-state index contributed by atoms with van der Waals surface area (Å²) in [4.78, 5) is 12.1. The number of hydrazone groups is 1. The van der Waals surface area contributed by atoms with E-state index in [4.69, 9.17) is 9.84 Å². The van der Waals surface area contributed by atoms with Gasteiger partial charge in [-0.1, -0.05) is 60.7 Å². The van der Waals surface area contributed by atoms with Crippen LogP contribution >= 0.6 is 15.9 Å². The lowest BCUT2D eigenvalue weighted by molar-refractivity contribution is -0.123. The highest BCUT2D eigenvalue weighted by Gasteiger charge is 2.11. The Balaban J connectivity index is 1.49. The maximum Gasteiger partial charge on any atom is 0.277 e. The first-order valence-corrected chi connectivity index (χ1v) is 10.4. The predicted octanol–water partition coefficient (Wildman–Crippen LogP) is 4.83. The summed E-state index contributed by atoms with van der Waals surface area (Å²) >= 11 is 3.39. The minimum atomic E-state index is -0.358. The number of hydrogen-bond acceptors (Lipinski definition) is 4. The fourth-order valence-electron chi connectivity index (χ4n) is 2.93. The number of nitrogens with one attached hydrogen (secondary N) is 1. The molecule has 3 aromatic carbocycles. The van der Waals surface area contributed by atoms with E-state index in [1.807, 2.05) is 85.1 Å². The van der Waals surface area contributed by atoms with Gasteiger partial charge in [0.2, 0.25) is 0 Å². The van der Waals surface area contributed by atoms with Crippen LogP contribution in [0.2, 0.25) is 0 Å². The summed E-state index contributed by atoms with van der Waals surface area (Å²) in [6.45, 7) is -0.144. The summed E-state index contributed by atoms with van der Waals surface area (Å²) in [5.41, 5.74) is 5.95. The van der Waals surface area contributed by atoms with Crippen LogP contribution in [0.3, 0.4) is 0 Å². The van der Waals surface area contributed by atoms with Gasteiger partial charge in [0, 0.05) is 17.3 Å². The van der Waals surface area contributed by atoms with Crippen LogP contribution in [0.5, 0.6) is 5.75 Å². The molecular weight excluding hydrogens is 456 g/mol. The first kappa shape index (κ1) is 20.6. The zero-order valence-corrected chi connectivity index (χ0v) is 18.1. The molecule has 1 N–H and O–H groups in total. The highest BCUT2D eigenvalue weighted by atomic mass is 79.9. The van der Waals surface area contributed by atoms with Gasteiger partial charge < -0.3 is 4.74 Å². The van der Waals surface area contributed by atoms with Crippen molar-refractivity contribution in [3.05, 3.63) is 101 Å². The molecule has 0 bridgehead atoms. The number of hydrogen-bond donors (Lipinski definition) is 1. The Morgan fingerprint density at radius 3 is 2.42 bits per heavy atom. The molecule has 0 saturated carbocycles. The summed E-state index contributed by atoms with van der Waals surface area (Å²) in [6, 6.07) is 27.0. The third-order valence-electron chi connectivity index (χ3n) is 4.40. The Morgan fingerprint density at radius 2 is 1.68 bits per heavy atom. The summed E-state index contributed by atoms with van der Waals surface area (Å²) in [7, 11) is 0. The Bertz CT molecular complexity index is 1190. The molecule has 154 valence electrons. The van der Waals surface area contributed by atoms with Crippen LogP contribution in [-0.4, -0.2) is 28.5 Å². The van der Waals surface area contributed by atoms with Gasteiger partial charge in [0.1, 0.15) is 11.4 Å². The molecule has 0 spiro atoms. The van der Waals surface area contributed by atoms with Gasteiger partial charge in [0.25, 0.3) is 5.91 Å². The topological polar surface area (TPSA) is 68.5 Å². The van der Waals surface area contributed by atoms with E-state index in [1.54, 1.807) is 17.0 Å². The fraction of sp³-hybridized carbons (Fsp3) is 0.0417. The fourth-order valence-corrected chi connectivity index (χ4v) is 3.33. The SMILES string of the molecule is O=C(COc1ccccc1Br)NN=Cc1cn(-c2ccccc2)nc1-c1ccccc1. The molecule has 31 heavy (non-hydrogen) atoms. The maximum absolute atomic E-state index is 12.1. The van der Waals surface area contributed by atoms with Crippen LogP contribution in [0.4, 0.5) is 0 Å². The first-order valence-electron chi connectivity index (χ1n) is 9.60. The second-order valence-corrected chi connectivity index (χ2v) is 7.45. The molecule has 4 aromatic rings. The monoisotopic (exact) mass is 474 g/mol. The molecule has 0 fully saturated rings. The first-order chi connectivity index (χ1) is 15.2. The average molecular weight is 475 g/mol. The minimum absolute atomic E-state index is 0.144. The van der Waals surface area contributed by atoms with Gasteiger partial charge in [-0.15, -0.1) is 0 Å². The van der Waals surface area contributed by atoms with Crippen molar-refractivity contribution in [2.45, 2.75) is 0 Å². The molecule has 0 atom stereocenters. The van der Waals surface area contributed by atoms with Gasteiger partial charge >= 0.3 is 0 Å². The molecule has 7 heteroatoms. The van der Waals surface area contributed by atoms with Gasteiger partial charge in [-0.25, -0.2) is 10.1 Å². The average Bonchev–Trinajstić information content (AvgIpc) is 3.24. The van der Waals surface area contributed by atoms with Crippen LogP contribution in [0.15, 0.2) is 101 Å². The molecular formula is C24H19BrN4O2. The molecule has 1 amide bonds. The molecule has 4 rings (SSSR count). The molecule has 0 saturated heterocycles. The Morgan fingerprint density at radius 1 is 1.00 bits per heavy atom. The number of benzene rings is 3. The summed E-state index contributed by atoms with van der Waals surface area (Å²) in [5.74, 6) is 0.237. The van der Waals surface area contributed by atoms with Crippen molar-refractivity contribution in [1.82, 2.24) is 15.2 Å². The van der Waals surface area contributed by atoms with Crippen molar-refractivity contribution in [2.75, 3.05) is 6.61 Å². The van der Waals surface area contributed by atoms with E-state index in [0.29, 0.717) is 5.75 Å². The largest absolute Gasteiger partial charge is 0.483 e. The Hall–Kier alpha value is -3.71. The van der Waals surface area contributed by atoms with Crippen LogP contribution in [0.25, 0.3) is 16.9 Å². The second-order valence-electron chi connectivity index (χ2n) is 6.59. The van der Waals surface area contributed by atoms with Crippen molar-refractivity contribution in [1.29, 1.82) is 0 Å². The molecule has 0 aliphatic carbocycles. The van der Waals surface area contributed by atoms with E-state index >= 15 is 0 Å². The minimum Gasteiger partial charge on any atom is -0.483 e. The quantitative estimate of drug-likeness (QED) is 0.308. The molecule has 1 aromatic heterocycles. The van der Waals surface area contributed by atoms with E-state index in [-0.39, 0.29) is 12.5 Å². The smallest absolute Gasteiger partial charge is 0.277 e. The van der Waals surface area contributed by atoms with Crippen molar-refractivity contribution in [2.24, 2.45) is 5.10 Å². The number of carbonyl (C=O) groups is 1. The highest BCUT2D eigenvalue weighted by Crippen LogP contribution is 2.24. The van der Waals surface area contributed by atoms with E-state index in [9.17, 15) is 4.79 Å². The van der Waals surface area contributed by atoms with E-state index < -0.39 is 0 Å². The number of carbonyl (C=O) groups excluding carboxylic acids is 1. The predicted molar refractivity (Wildman–Crippen MR) is 124 cm³/mol. The standard InChI is InChI=1S/C24H19BrN4O2/c25-21-13-7-8-14-22(21)31-17-23(30)27-26-15-19-16-29(20-11-5-2-6-12-20)28-24(19)18-9-3-1-4-10-18/h1-16H,17H2,(H,27,30). The zero-order chi connectivity index (χ0) is 21.5. The van der Waals surface area contributed by atoms with Gasteiger partial charge in [-0.05, 0) is 40.2 Å². The molecule has 0 aliphatic heterocycles. The molecule has 6 nitrogen and oxygen atoms in total. The number of ether oxygens (including phenoxy) is 1. The Labute approximate surface area is 188 Å². The van der Waals surface area contributed by atoms with Crippen molar-refractivity contribution < 1.29 is 9.53 Å². The second kappa shape index (κ2) is 9.86. The number of nitrogens with zero attached hydrogens (tertiary/aromatic N) is 3. The molecule has 0 unspecified atom stereocenters. The number of amides is 1. The highest BCUT2D eigenvalue weighted by molar-refractivity contribution is 9.10. The lowest BCUT2D eigenvalue weighted by atomic mass is 10.1. The van der Waals surface area contributed by atoms with E-state index in [1.165, 1.54) is 0 Å². The van der Waals surface area contributed by atoms with Crippen LogP contribution in [0.1, 0.15) is 5.56 Å². The van der Waals surface area contributed by atoms with Crippen molar-refractivity contribution in [3.8, 4) is 22.7 Å². The summed E-state index contributed by atoms with van der Waals surface area (Å²) in [6.07, 6.45) is 3.47. The third kappa shape index (κ3) is 5.26. The lowest BCUT2D eigenvalue weighted by Gasteiger charge is -2.06.